The highest BCUT2D eigenvalue weighted by Crippen LogP contribution is 2.44. The fourth-order valence-electron chi connectivity index (χ4n) is 4.35. The first-order valence-electron chi connectivity index (χ1n) is 12.3. The van der Waals surface area contributed by atoms with Crippen LogP contribution in [0.25, 0.3) is 21.3 Å². The third-order valence-electron chi connectivity index (χ3n) is 5.92. The minimum atomic E-state index is -3.03. The second kappa shape index (κ2) is 10.9. The van der Waals surface area contributed by atoms with Gasteiger partial charge in [-0.3, -0.25) is 4.79 Å². The molecule has 40 heavy (non-hydrogen) atoms. The van der Waals surface area contributed by atoms with Crippen LogP contribution in [0.2, 0.25) is 10.0 Å². The molecule has 2 N–H and O–H groups in total. The Morgan fingerprint density at radius 3 is 2.60 bits per heavy atom. The summed E-state index contributed by atoms with van der Waals surface area (Å²) >= 11 is 14.2. The van der Waals surface area contributed by atoms with Crippen molar-refractivity contribution in [1.82, 2.24) is 24.8 Å². The number of carbonyl (C=O) groups excluding carboxylic acids is 1. The molecule has 218 valence electrons. The summed E-state index contributed by atoms with van der Waals surface area (Å²) < 4.78 is 50.1. The predicted octanol–water partition coefficient (Wildman–Crippen LogP) is 5.34. The Morgan fingerprint density at radius 2 is 2.02 bits per heavy atom. The third-order valence-corrected chi connectivity index (χ3v) is 9.90. The lowest BCUT2D eigenvalue weighted by Gasteiger charge is -2.21. The van der Waals surface area contributed by atoms with Crippen LogP contribution in [0.4, 0.5) is 8.78 Å². The molecule has 1 aromatic carbocycles. The van der Waals surface area contributed by atoms with Crippen molar-refractivity contribution < 1.29 is 27.3 Å². The van der Waals surface area contributed by atoms with Crippen LogP contribution in [0.3, 0.4) is 0 Å². The van der Waals surface area contributed by atoms with Gasteiger partial charge in [-0.05, 0) is 46.6 Å². The van der Waals surface area contributed by atoms with E-state index in [0.29, 0.717) is 0 Å². The van der Waals surface area contributed by atoms with Crippen LogP contribution in [-0.2, 0) is 16.1 Å². The van der Waals surface area contributed by atoms with Crippen molar-refractivity contribution in [3.05, 3.63) is 33.8 Å². The summed E-state index contributed by atoms with van der Waals surface area (Å²) in [5, 5.41) is 18.1. The molecule has 2 aromatic heterocycles. The van der Waals surface area contributed by atoms with Gasteiger partial charge in [-0.15, -0.1) is 21.5 Å². The third kappa shape index (κ3) is 6.50. The number of halogens is 4. The molecule has 2 atom stereocenters. The highest BCUT2D eigenvalue weighted by molar-refractivity contribution is 7.98. The molecule has 0 aliphatic carbocycles. The van der Waals surface area contributed by atoms with E-state index in [9.17, 15) is 22.9 Å². The fraction of sp³-hybridized carbons (Fsp3) is 0.480. The molecule has 1 fully saturated rings. The summed E-state index contributed by atoms with van der Waals surface area (Å²) in [5.41, 5.74) is -0.982. The van der Waals surface area contributed by atoms with Crippen molar-refractivity contribution in [3.63, 3.8) is 0 Å². The van der Waals surface area contributed by atoms with Crippen LogP contribution in [0.1, 0.15) is 57.4 Å². The van der Waals surface area contributed by atoms with E-state index in [4.69, 9.17) is 27.6 Å². The number of hydrogen-bond donors (Lipinski definition) is 2. The summed E-state index contributed by atoms with van der Waals surface area (Å²) in [6.07, 6.45) is -0.404. The molecule has 3 heterocycles. The van der Waals surface area contributed by atoms with E-state index >= 15 is 0 Å². The van der Waals surface area contributed by atoms with Crippen LogP contribution in [-0.4, -0.2) is 71.3 Å². The minimum Gasteiger partial charge on any atom is -0.419 e. The summed E-state index contributed by atoms with van der Waals surface area (Å²) in [7, 11) is -3.01. The Kier molecular flexibility index (Phi) is 8.40. The van der Waals surface area contributed by atoms with Crippen LogP contribution < -0.4 is 4.72 Å². The number of carbonyl (C=O) groups is 1. The number of nitrogens with zero attached hydrogens (tertiary/aromatic N) is 4. The van der Waals surface area contributed by atoms with Gasteiger partial charge in [0.05, 0.1) is 48.1 Å². The van der Waals surface area contributed by atoms with E-state index in [1.807, 2.05) is 0 Å². The summed E-state index contributed by atoms with van der Waals surface area (Å²) in [6.45, 7) is 7.56. The average molecular weight is 637 g/mol. The predicted molar refractivity (Wildman–Crippen MR) is 153 cm³/mol. The van der Waals surface area contributed by atoms with E-state index < -0.39 is 46.1 Å². The number of benzene rings is 1. The van der Waals surface area contributed by atoms with Gasteiger partial charge in [0, 0.05) is 24.1 Å². The van der Waals surface area contributed by atoms with Gasteiger partial charge in [-0.25, -0.2) is 22.7 Å². The number of amides is 1. The smallest absolute Gasteiger partial charge is 0.276 e. The average Bonchev–Trinajstić information content (AvgIpc) is 3.49. The van der Waals surface area contributed by atoms with Gasteiger partial charge in [-0.1, -0.05) is 29.3 Å². The number of hydrogen-bond acceptors (Lipinski definition) is 8. The lowest BCUT2D eigenvalue weighted by Crippen LogP contribution is -2.35. The SMILES string of the molecule is C=S(=O)(NC(C)C)c1ccc(-c2sc(-c3nnc(CC(C)(C)O)o3)nc2C(=O)N2CC(F)(F)C[C@@H]2C)c(Cl)c1Cl. The Morgan fingerprint density at radius 1 is 1.35 bits per heavy atom. The van der Waals surface area contributed by atoms with Gasteiger partial charge in [-0.2, -0.15) is 0 Å². The molecule has 1 unspecified atom stereocenters. The van der Waals surface area contributed by atoms with Crippen LogP contribution >= 0.6 is 34.5 Å². The largest absolute Gasteiger partial charge is 0.419 e. The van der Waals surface area contributed by atoms with E-state index in [0.717, 1.165) is 16.2 Å². The highest BCUT2D eigenvalue weighted by atomic mass is 35.5. The molecule has 1 aliphatic heterocycles. The fourth-order valence-corrected chi connectivity index (χ4v) is 7.83. The Labute approximate surface area is 245 Å². The molecule has 0 spiro atoms. The van der Waals surface area contributed by atoms with Crippen LogP contribution in [0.15, 0.2) is 21.4 Å². The van der Waals surface area contributed by atoms with E-state index in [-0.39, 0.29) is 60.3 Å². The topological polar surface area (TPSA) is 121 Å². The van der Waals surface area contributed by atoms with Gasteiger partial charge in [0.2, 0.25) is 5.89 Å². The van der Waals surface area contributed by atoms with Crippen molar-refractivity contribution >= 4 is 56.0 Å². The second-order valence-corrected chi connectivity index (χ2v) is 14.5. The minimum absolute atomic E-state index is 0.0154. The van der Waals surface area contributed by atoms with Crippen LogP contribution in [0.5, 0.6) is 0 Å². The molecule has 1 aliphatic rings. The maximum absolute atomic E-state index is 14.2. The first-order chi connectivity index (χ1) is 18.4. The Balaban J connectivity index is 1.84. The Hall–Kier alpha value is -2.16. The standard InChI is InChI=1S/C25H29Cl2F2N5O4S2/c1-12(2)33-40(6,37)15-8-7-14(17(26)18(15)27)20-19(23(35)34-11-25(28,29)9-13(34)3)30-22(39-20)21-32-31-16(38-21)10-24(4,5)36/h7-8,12-13,36H,6,9-11H2,1-5H3,(H,33,37)/t13-,40?/m0/s1. The number of thiazole rings is 1. The van der Waals surface area contributed by atoms with Crippen molar-refractivity contribution in [1.29, 1.82) is 0 Å². The zero-order valence-electron chi connectivity index (χ0n) is 22.4. The van der Waals surface area contributed by atoms with Crippen molar-refractivity contribution in [3.8, 4) is 21.3 Å². The van der Waals surface area contributed by atoms with Crippen molar-refractivity contribution in [2.75, 3.05) is 6.54 Å². The van der Waals surface area contributed by atoms with Gasteiger partial charge >= 0.3 is 0 Å². The van der Waals surface area contributed by atoms with Crippen molar-refractivity contribution in [2.45, 2.75) is 76.0 Å². The maximum Gasteiger partial charge on any atom is 0.276 e. The maximum atomic E-state index is 14.2. The van der Waals surface area contributed by atoms with E-state index in [2.05, 4.69) is 25.8 Å². The van der Waals surface area contributed by atoms with Crippen molar-refractivity contribution in [2.24, 2.45) is 0 Å². The van der Waals surface area contributed by atoms with Gasteiger partial charge in [0.25, 0.3) is 17.7 Å². The molecule has 1 saturated heterocycles. The van der Waals surface area contributed by atoms with Gasteiger partial charge in [0.1, 0.15) is 5.69 Å². The number of likely N-dealkylation sites (tertiary alicyclic amines) is 1. The second-order valence-electron chi connectivity index (χ2n) is 10.7. The van der Waals surface area contributed by atoms with Gasteiger partial charge in [0.15, 0.2) is 5.01 Å². The molecule has 4 rings (SSSR count). The van der Waals surface area contributed by atoms with Crippen LogP contribution in [0, 0.1) is 0 Å². The first kappa shape index (κ1) is 30.8. The molecule has 0 radical (unpaired) electrons. The highest BCUT2D eigenvalue weighted by Gasteiger charge is 2.46. The summed E-state index contributed by atoms with van der Waals surface area (Å²) in [4.78, 5) is 19.5. The number of rotatable bonds is 8. The van der Waals surface area contributed by atoms with E-state index in [1.54, 1.807) is 27.7 Å². The molecule has 1 amide bonds. The molecule has 0 saturated carbocycles. The zero-order valence-corrected chi connectivity index (χ0v) is 25.6. The molecule has 3 aromatic rings. The quantitative estimate of drug-likeness (QED) is 0.321. The monoisotopic (exact) mass is 635 g/mol. The molecular formula is C25H29Cl2F2N5O4S2. The lowest BCUT2D eigenvalue weighted by atomic mass is 10.1. The zero-order chi connectivity index (χ0) is 29.8. The number of nitrogens with one attached hydrogen (secondary N) is 1. The molecule has 0 bridgehead atoms. The first-order valence-corrected chi connectivity index (χ1v) is 15.6. The molecule has 9 nitrogen and oxygen atoms in total. The van der Waals surface area contributed by atoms with E-state index in [1.165, 1.54) is 19.1 Å². The van der Waals surface area contributed by atoms with Gasteiger partial charge < -0.3 is 14.4 Å². The number of aliphatic hydroxyl groups is 1. The number of aromatic nitrogens is 3. The lowest BCUT2D eigenvalue weighted by molar-refractivity contribution is 0.0118. The normalized spacial score (nSPS) is 18.9. The Bertz CT molecular complexity index is 1550. The summed E-state index contributed by atoms with van der Waals surface area (Å²) in [5.74, 6) is 0.126. The molecule has 15 heteroatoms. The number of alkyl halides is 2. The molecular weight excluding hydrogens is 607 g/mol. The summed E-state index contributed by atoms with van der Waals surface area (Å²) in [6, 6.07) is 2.12.